The first kappa shape index (κ1) is 13.7. The summed E-state index contributed by atoms with van der Waals surface area (Å²) < 4.78 is 5.39. The van der Waals surface area contributed by atoms with Crippen molar-refractivity contribution >= 4 is 22.7 Å². The molecule has 0 radical (unpaired) electrons. The third kappa shape index (κ3) is 3.06. The Hall–Kier alpha value is -2.32. The Labute approximate surface area is 126 Å². The highest BCUT2D eigenvalue weighted by atomic mass is 32.2. The van der Waals surface area contributed by atoms with E-state index in [2.05, 4.69) is 16.0 Å². The van der Waals surface area contributed by atoms with Crippen LogP contribution in [0.1, 0.15) is 12.8 Å². The fraction of sp³-hybridized carbons (Fsp3) is 0.188. The maximum Gasteiger partial charge on any atom is 0.197 e. The number of fused-ring (bicyclic) bond motifs is 1. The first-order valence-electron chi connectivity index (χ1n) is 6.69. The molecule has 0 aliphatic carbocycles. The Balaban J connectivity index is 1.98. The molecule has 4 nitrogen and oxygen atoms in total. The van der Waals surface area contributed by atoms with E-state index in [1.165, 1.54) is 0 Å². The van der Waals surface area contributed by atoms with Crippen molar-refractivity contribution in [2.75, 3.05) is 5.75 Å². The van der Waals surface area contributed by atoms with Crippen molar-refractivity contribution in [3.63, 3.8) is 0 Å². The molecule has 3 aromatic rings. The van der Waals surface area contributed by atoms with E-state index < -0.39 is 0 Å². The van der Waals surface area contributed by atoms with Gasteiger partial charge in [-0.1, -0.05) is 18.2 Å². The normalized spacial score (nSPS) is 10.6. The van der Waals surface area contributed by atoms with Gasteiger partial charge in [0.1, 0.15) is 5.03 Å². The maximum atomic E-state index is 8.61. The number of unbranched alkanes of at least 4 members (excludes halogenated alkanes) is 1. The van der Waals surface area contributed by atoms with E-state index in [-0.39, 0.29) is 0 Å². The number of nitriles is 1. The molecule has 2 heterocycles. The number of benzene rings is 1. The second kappa shape index (κ2) is 6.42. The molecule has 0 saturated heterocycles. The number of rotatable bonds is 5. The van der Waals surface area contributed by atoms with Gasteiger partial charge in [0, 0.05) is 17.6 Å². The van der Waals surface area contributed by atoms with E-state index in [4.69, 9.17) is 9.68 Å². The van der Waals surface area contributed by atoms with Crippen LogP contribution in [0.4, 0.5) is 0 Å². The highest BCUT2D eigenvalue weighted by molar-refractivity contribution is 7.99. The first-order valence-corrected chi connectivity index (χ1v) is 7.67. The molecule has 2 aromatic heterocycles. The summed E-state index contributed by atoms with van der Waals surface area (Å²) in [5.74, 6) is 2.13. The Morgan fingerprint density at radius 1 is 1.14 bits per heavy atom. The van der Waals surface area contributed by atoms with Crippen molar-refractivity contribution in [1.29, 1.82) is 5.26 Å². The fourth-order valence-corrected chi connectivity index (χ4v) is 2.95. The van der Waals surface area contributed by atoms with Crippen LogP contribution in [-0.4, -0.2) is 15.7 Å². The predicted octanol–water partition coefficient (Wildman–Crippen LogP) is 4.29. The van der Waals surface area contributed by atoms with Crippen LogP contribution in [0.2, 0.25) is 0 Å². The zero-order chi connectivity index (χ0) is 14.5. The van der Waals surface area contributed by atoms with Gasteiger partial charge in [0.2, 0.25) is 0 Å². The number of furan rings is 1. The lowest BCUT2D eigenvalue weighted by Gasteiger charge is -2.06. The van der Waals surface area contributed by atoms with Gasteiger partial charge in [-0.2, -0.15) is 5.26 Å². The molecule has 0 fully saturated rings. The van der Waals surface area contributed by atoms with Crippen molar-refractivity contribution < 1.29 is 4.42 Å². The van der Waals surface area contributed by atoms with E-state index in [1.807, 2.05) is 36.4 Å². The molecule has 0 aliphatic rings. The molecule has 3 rings (SSSR count). The van der Waals surface area contributed by atoms with Crippen molar-refractivity contribution in [3.8, 4) is 17.7 Å². The van der Waals surface area contributed by atoms with Gasteiger partial charge in [0.05, 0.1) is 17.8 Å². The lowest BCUT2D eigenvalue weighted by atomic mass is 10.2. The number of thioether (sulfide) groups is 1. The van der Waals surface area contributed by atoms with E-state index >= 15 is 0 Å². The van der Waals surface area contributed by atoms with Gasteiger partial charge in [-0.05, 0) is 24.6 Å². The lowest BCUT2D eigenvalue weighted by Crippen LogP contribution is -1.93. The van der Waals surface area contributed by atoms with Crippen molar-refractivity contribution in [1.82, 2.24) is 9.97 Å². The average molecular weight is 295 g/mol. The number of para-hydroxylation sites is 1. The summed E-state index contributed by atoms with van der Waals surface area (Å²) in [4.78, 5) is 9.17. The molecule has 5 heteroatoms. The largest absolute Gasteiger partial charge is 0.461 e. The molecular formula is C16H13N3OS. The zero-order valence-corrected chi connectivity index (χ0v) is 12.1. The van der Waals surface area contributed by atoms with Crippen LogP contribution < -0.4 is 0 Å². The summed E-state index contributed by atoms with van der Waals surface area (Å²) in [6.07, 6.45) is 3.05. The Morgan fingerprint density at radius 3 is 2.86 bits per heavy atom. The molecule has 0 aliphatic heterocycles. The molecular weight excluding hydrogens is 282 g/mol. The van der Waals surface area contributed by atoms with Crippen molar-refractivity contribution in [2.45, 2.75) is 17.9 Å². The van der Waals surface area contributed by atoms with E-state index in [9.17, 15) is 0 Å². The molecule has 0 unspecified atom stereocenters. The first-order chi connectivity index (χ1) is 10.4. The Kier molecular flexibility index (Phi) is 4.17. The molecule has 21 heavy (non-hydrogen) atoms. The van der Waals surface area contributed by atoms with E-state index in [1.54, 1.807) is 18.0 Å². The van der Waals surface area contributed by atoms with E-state index in [0.29, 0.717) is 18.0 Å². The highest BCUT2D eigenvalue weighted by Gasteiger charge is 2.11. The van der Waals surface area contributed by atoms with Gasteiger partial charge in [0.25, 0.3) is 0 Å². The molecule has 0 bridgehead atoms. The predicted molar refractivity (Wildman–Crippen MR) is 82.8 cm³/mol. The van der Waals surface area contributed by atoms with Crippen LogP contribution in [0.25, 0.3) is 22.5 Å². The third-order valence-electron chi connectivity index (χ3n) is 2.98. The summed E-state index contributed by atoms with van der Waals surface area (Å²) in [6.45, 7) is 0. The third-order valence-corrected chi connectivity index (χ3v) is 4.06. The van der Waals surface area contributed by atoms with Crippen LogP contribution >= 0.6 is 11.8 Å². The monoisotopic (exact) mass is 295 g/mol. The second-order valence-corrected chi connectivity index (χ2v) is 5.54. The quantitative estimate of drug-likeness (QED) is 0.399. The average Bonchev–Trinajstić information content (AvgIpc) is 3.05. The number of aromatic nitrogens is 2. The van der Waals surface area contributed by atoms with Gasteiger partial charge >= 0.3 is 0 Å². The second-order valence-electron chi connectivity index (χ2n) is 4.46. The smallest absolute Gasteiger partial charge is 0.197 e. The molecule has 0 N–H and O–H groups in total. The maximum absolute atomic E-state index is 8.61. The summed E-state index contributed by atoms with van der Waals surface area (Å²) in [6, 6.07) is 13.8. The summed E-state index contributed by atoms with van der Waals surface area (Å²) in [7, 11) is 0. The highest BCUT2D eigenvalue weighted by Crippen LogP contribution is 2.28. The molecule has 1 aromatic carbocycles. The van der Waals surface area contributed by atoms with Crippen LogP contribution in [-0.2, 0) is 0 Å². The van der Waals surface area contributed by atoms with Crippen LogP contribution in [0.3, 0.4) is 0 Å². The molecule has 0 saturated carbocycles. The number of hydrogen-bond donors (Lipinski definition) is 0. The number of hydrogen-bond acceptors (Lipinski definition) is 5. The van der Waals surface area contributed by atoms with Gasteiger partial charge in [-0.25, -0.2) is 9.97 Å². The Bertz CT molecular complexity index is 778. The SMILES string of the molecule is N#CCCCSc1nc(-c2ccco2)nc2ccccc12. The van der Waals surface area contributed by atoms with Crippen molar-refractivity contribution in [2.24, 2.45) is 0 Å². The van der Waals surface area contributed by atoms with Gasteiger partial charge in [0.15, 0.2) is 11.6 Å². The van der Waals surface area contributed by atoms with Crippen LogP contribution in [0.5, 0.6) is 0 Å². The topological polar surface area (TPSA) is 62.7 Å². The minimum Gasteiger partial charge on any atom is -0.461 e. The lowest BCUT2D eigenvalue weighted by molar-refractivity contribution is 0.577. The fourth-order valence-electron chi connectivity index (χ4n) is 1.99. The van der Waals surface area contributed by atoms with Gasteiger partial charge in [-0.3, -0.25) is 0 Å². The van der Waals surface area contributed by atoms with Crippen LogP contribution in [0.15, 0.2) is 52.1 Å². The minimum absolute atomic E-state index is 0.570. The van der Waals surface area contributed by atoms with Crippen molar-refractivity contribution in [3.05, 3.63) is 42.7 Å². The van der Waals surface area contributed by atoms with Gasteiger partial charge in [-0.15, -0.1) is 11.8 Å². The molecule has 0 atom stereocenters. The Morgan fingerprint density at radius 2 is 2.05 bits per heavy atom. The molecule has 0 amide bonds. The van der Waals surface area contributed by atoms with Crippen LogP contribution in [0, 0.1) is 11.3 Å². The van der Waals surface area contributed by atoms with E-state index in [0.717, 1.165) is 28.1 Å². The summed E-state index contributed by atoms with van der Waals surface area (Å²) >= 11 is 1.66. The zero-order valence-electron chi connectivity index (χ0n) is 11.3. The molecule has 0 spiro atoms. The number of nitrogens with zero attached hydrogens (tertiary/aromatic N) is 3. The standard InChI is InChI=1S/C16H13N3OS/c17-9-3-4-11-21-16-12-6-1-2-7-13(12)18-15(19-16)14-8-5-10-20-14/h1-2,5-8,10H,3-4,11H2. The summed E-state index contributed by atoms with van der Waals surface area (Å²) in [5.41, 5.74) is 0.904. The molecule has 104 valence electrons. The summed E-state index contributed by atoms with van der Waals surface area (Å²) in [5, 5.41) is 10.6. The minimum atomic E-state index is 0.570. The van der Waals surface area contributed by atoms with Gasteiger partial charge < -0.3 is 4.42 Å².